The van der Waals surface area contributed by atoms with Crippen LogP contribution in [0.15, 0.2) is 35.2 Å². The van der Waals surface area contributed by atoms with Crippen LogP contribution in [0, 0.1) is 10.1 Å². The number of nitrogens with one attached hydrogen (secondary N) is 1. The average Bonchev–Trinajstić information content (AvgIpc) is 2.85. The highest BCUT2D eigenvalue weighted by Gasteiger charge is 2.12. The average molecular weight is 339 g/mol. The summed E-state index contributed by atoms with van der Waals surface area (Å²) in [6.07, 6.45) is 4.63. The first-order chi connectivity index (χ1) is 9.61. The molecule has 1 aromatic carbocycles. The maximum Gasteiger partial charge on any atom is 0.285 e. The number of halogens is 1. The SMILES string of the molecule is CCCn1cncc1CNc1ccc(Br)c([N+](=O)[O-])c1. The molecule has 106 valence electrons. The van der Waals surface area contributed by atoms with Crippen LogP contribution in [-0.2, 0) is 13.1 Å². The normalized spacial score (nSPS) is 10.5. The first kappa shape index (κ1) is 14.5. The van der Waals surface area contributed by atoms with Gasteiger partial charge in [0.05, 0.1) is 28.0 Å². The highest BCUT2D eigenvalue weighted by molar-refractivity contribution is 9.10. The highest BCUT2D eigenvalue weighted by Crippen LogP contribution is 2.27. The number of nitro groups is 1. The zero-order valence-electron chi connectivity index (χ0n) is 11.0. The van der Waals surface area contributed by atoms with Crippen molar-refractivity contribution < 1.29 is 4.92 Å². The zero-order valence-corrected chi connectivity index (χ0v) is 12.6. The van der Waals surface area contributed by atoms with Crippen molar-refractivity contribution >= 4 is 27.3 Å². The van der Waals surface area contributed by atoms with Gasteiger partial charge in [0.15, 0.2) is 0 Å². The molecule has 6 nitrogen and oxygen atoms in total. The Morgan fingerprint density at radius 2 is 2.30 bits per heavy atom. The maximum absolute atomic E-state index is 10.9. The van der Waals surface area contributed by atoms with Crippen molar-refractivity contribution in [3.05, 3.63) is 51.0 Å². The number of anilines is 1. The van der Waals surface area contributed by atoms with Crippen LogP contribution in [0.4, 0.5) is 11.4 Å². The Kier molecular flexibility index (Phi) is 4.73. The van der Waals surface area contributed by atoms with Gasteiger partial charge in [0.25, 0.3) is 5.69 Å². The van der Waals surface area contributed by atoms with Gasteiger partial charge < -0.3 is 9.88 Å². The minimum absolute atomic E-state index is 0.0528. The van der Waals surface area contributed by atoms with Gasteiger partial charge in [0.1, 0.15) is 0 Å². The summed E-state index contributed by atoms with van der Waals surface area (Å²) in [5.74, 6) is 0. The zero-order chi connectivity index (χ0) is 14.5. The van der Waals surface area contributed by atoms with Crippen molar-refractivity contribution in [3.63, 3.8) is 0 Å². The summed E-state index contributed by atoms with van der Waals surface area (Å²) in [5, 5.41) is 14.1. The second-order valence-electron chi connectivity index (χ2n) is 4.36. The summed E-state index contributed by atoms with van der Waals surface area (Å²) in [6, 6.07) is 4.99. The fourth-order valence-corrected chi connectivity index (χ4v) is 2.28. The first-order valence-corrected chi connectivity index (χ1v) is 7.08. The van der Waals surface area contributed by atoms with Crippen LogP contribution in [0.25, 0.3) is 0 Å². The van der Waals surface area contributed by atoms with Crippen molar-refractivity contribution in [3.8, 4) is 0 Å². The predicted octanol–water partition coefficient (Wildman–Crippen LogP) is 3.58. The third-order valence-electron chi connectivity index (χ3n) is 2.88. The molecule has 0 spiro atoms. The van der Waals surface area contributed by atoms with Crippen LogP contribution in [0.5, 0.6) is 0 Å². The molecule has 7 heteroatoms. The van der Waals surface area contributed by atoms with E-state index < -0.39 is 4.92 Å². The number of benzene rings is 1. The van der Waals surface area contributed by atoms with Crippen LogP contribution >= 0.6 is 15.9 Å². The fraction of sp³-hybridized carbons (Fsp3) is 0.308. The number of rotatable bonds is 6. The van der Waals surface area contributed by atoms with E-state index in [-0.39, 0.29) is 5.69 Å². The number of aryl methyl sites for hydroxylation is 1. The number of hydrogen-bond donors (Lipinski definition) is 1. The summed E-state index contributed by atoms with van der Waals surface area (Å²) < 4.78 is 2.55. The molecule has 0 atom stereocenters. The van der Waals surface area contributed by atoms with Crippen LogP contribution in [-0.4, -0.2) is 14.5 Å². The maximum atomic E-state index is 10.9. The Hall–Kier alpha value is -1.89. The molecule has 0 fully saturated rings. The van der Waals surface area contributed by atoms with E-state index >= 15 is 0 Å². The quantitative estimate of drug-likeness (QED) is 0.645. The molecule has 0 radical (unpaired) electrons. The number of nitro benzene ring substituents is 1. The van der Waals surface area contributed by atoms with Gasteiger partial charge in [-0.25, -0.2) is 4.98 Å². The van der Waals surface area contributed by atoms with Crippen molar-refractivity contribution in [2.45, 2.75) is 26.4 Å². The van der Waals surface area contributed by atoms with Crippen molar-refractivity contribution in [1.82, 2.24) is 9.55 Å². The summed E-state index contributed by atoms with van der Waals surface area (Å²) in [7, 11) is 0. The van der Waals surface area contributed by atoms with E-state index in [9.17, 15) is 10.1 Å². The fourth-order valence-electron chi connectivity index (χ4n) is 1.89. The molecule has 1 N–H and O–H groups in total. The van der Waals surface area contributed by atoms with Crippen LogP contribution in [0.2, 0.25) is 0 Å². The molecule has 0 aliphatic heterocycles. The minimum Gasteiger partial charge on any atom is -0.379 e. The lowest BCUT2D eigenvalue weighted by atomic mass is 10.2. The molecule has 0 unspecified atom stereocenters. The van der Waals surface area contributed by atoms with E-state index in [1.165, 1.54) is 6.07 Å². The molecule has 2 aromatic rings. The standard InChI is InChI=1S/C13H15BrN4O2/c1-2-5-17-9-15-7-11(17)8-16-10-3-4-12(14)13(6-10)18(19)20/h3-4,6-7,9,16H,2,5,8H2,1H3. The van der Waals surface area contributed by atoms with Gasteiger partial charge in [-0.15, -0.1) is 0 Å². The third kappa shape index (κ3) is 3.36. The summed E-state index contributed by atoms with van der Waals surface area (Å²) >= 11 is 3.17. The summed E-state index contributed by atoms with van der Waals surface area (Å²) in [6.45, 7) is 3.60. The van der Waals surface area contributed by atoms with Gasteiger partial charge in [0, 0.05) is 24.5 Å². The van der Waals surface area contributed by atoms with Gasteiger partial charge >= 0.3 is 0 Å². The Morgan fingerprint density at radius 3 is 3.00 bits per heavy atom. The predicted molar refractivity (Wildman–Crippen MR) is 80.6 cm³/mol. The number of nitrogens with zero attached hydrogens (tertiary/aromatic N) is 3. The van der Waals surface area contributed by atoms with Crippen LogP contribution in [0.3, 0.4) is 0 Å². The lowest BCUT2D eigenvalue weighted by Crippen LogP contribution is -2.07. The van der Waals surface area contributed by atoms with Gasteiger partial charge in [-0.3, -0.25) is 10.1 Å². The Bertz CT molecular complexity index is 612. The molecule has 0 amide bonds. The van der Waals surface area contributed by atoms with Crippen molar-refractivity contribution in [2.24, 2.45) is 0 Å². The number of aromatic nitrogens is 2. The van der Waals surface area contributed by atoms with Gasteiger partial charge in [0.2, 0.25) is 0 Å². The summed E-state index contributed by atoms with van der Waals surface area (Å²) in [4.78, 5) is 14.6. The smallest absolute Gasteiger partial charge is 0.285 e. The van der Waals surface area contributed by atoms with E-state index in [1.54, 1.807) is 24.7 Å². The molecule has 0 aliphatic carbocycles. The van der Waals surface area contributed by atoms with Crippen molar-refractivity contribution in [1.29, 1.82) is 0 Å². The Balaban J connectivity index is 2.09. The third-order valence-corrected chi connectivity index (χ3v) is 3.55. The lowest BCUT2D eigenvalue weighted by Gasteiger charge is -2.09. The van der Waals surface area contributed by atoms with Crippen LogP contribution < -0.4 is 5.32 Å². The topological polar surface area (TPSA) is 73.0 Å². The van der Waals surface area contributed by atoms with Crippen molar-refractivity contribution in [2.75, 3.05) is 5.32 Å². The Labute approximate surface area is 125 Å². The van der Waals surface area contributed by atoms with E-state index in [1.807, 2.05) is 0 Å². The highest BCUT2D eigenvalue weighted by atomic mass is 79.9. The molecule has 0 bridgehead atoms. The molecule has 1 heterocycles. The first-order valence-electron chi connectivity index (χ1n) is 6.28. The van der Waals surface area contributed by atoms with E-state index in [2.05, 4.69) is 37.7 Å². The van der Waals surface area contributed by atoms with Gasteiger partial charge in [-0.05, 0) is 34.5 Å². The van der Waals surface area contributed by atoms with Gasteiger partial charge in [-0.2, -0.15) is 0 Å². The van der Waals surface area contributed by atoms with Gasteiger partial charge in [-0.1, -0.05) is 6.92 Å². The van der Waals surface area contributed by atoms with E-state index in [0.717, 1.165) is 18.7 Å². The largest absolute Gasteiger partial charge is 0.379 e. The second-order valence-corrected chi connectivity index (χ2v) is 5.21. The molecular formula is C13H15BrN4O2. The molecule has 0 aliphatic rings. The molecule has 20 heavy (non-hydrogen) atoms. The number of imidazole rings is 1. The van der Waals surface area contributed by atoms with E-state index in [0.29, 0.717) is 16.7 Å². The number of hydrogen-bond acceptors (Lipinski definition) is 4. The molecule has 2 rings (SSSR count). The molecular weight excluding hydrogens is 324 g/mol. The van der Waals surface area contributed by atoms with E-state index in [4.69, 9.17) is 0 Å². The molecule has 0 saturated carbocycles. The molecule has 0 saturated heterocycles. The second kappa shape index (κ2) is 6.51. The lowest BCUT2D eigenvalue weighted by molar-refractivity contribution is -0.385. The monoisotopic (exact) mass is 338 g/mol. The minimum atomic E-state index is -0.406. The Morgan fingerprint density at radius 1 is 1.50 bits per heavy atom. The van der Waals surface area contributed by atoms with Crippen LogP contribution in [0.1, 0.15) is 19.0 Å². The summed E-state index contributed by atoms with van der Waals surface area (Å²) in [5.41, 5.74) is 1.82. The molecule has 1 aromatic heterocycles.